The molecule has 0 aliphatic carbocycles. The number of nitrogens with one attached hydrogen (secondary N) is 1. The van der Waals surface area contributed by atoms with Crippen LogP contribution in [-0.2, 0) is 21.4 Å². The van der Waals surface area contributed by atoms with Gasteiger partial charge in [-0.3, -0.25) is 4.79 Å². The maximum absolute atomic E-state index is 13.0. The number of carbonyl (C=O) groups is 1. The van der Waals surface area contributed by atoms with Crippen LogP contribution in [0.25, 0.3) is 0 Å². The van der Waals surface area contributed by atoms with Crippen molar-refractivity contribution in [3.05, 3.63) is 75.9 Å². The fourth-order valence-corrected chi connectivity index (χ4v) is 4.12. The maximum Gasteiger partial charge on any atom is 0.245 e. The van der Waals surface area contributed by atoms with E-state index in [1.165, 1.54) is 30.5 Å². The molecular formula is C18H14Cl3N3O4S. The molecule has 0 saturated heterocycles. The molecule has 11 heteroatoms. The summed E-state index contributed by atoms with van der Waals surface area (Å²) in [7, 11) is -4.05. The molecule has 2 heterocycles. The summed E-state index contributed by atoms with van der Waals surface area (Å²) in [5.74, 6) is -0.196. The third-order valence-electron chi connectivity index (χ3n) is 3.77. The van der Waals surface area contributed by atoms with E-state index in [-0.39, 0.29) is 21.6 Å². The topological polar surface area (TPSA) is 92.5 Å². The van der Waals surface area contributed by atoms with Gasteiger partial charge in [-0.25, -0.2) is 13.4 Å². The van der Waals surface area contributed by atoms with Gasteiger partial charge in [-0.1, -0.05) is 34.8 Å². The molecule has 7 nitrogen and oxygen atoms in total. The zero-order valence-corrected chi connectivity index (χ0v) is 17.8. The number of aromatic nitrogens is 1. The van der Waals surface area contributed by atoms with Gasteiger partial charge in [0.1, 0.15) is 15.8 Å². The summed E-state index contributed by atoms with van der Waals surface area (Å²) >= 11 is 17.5. The molecule has 0 aliphatic heterocycles. The third kappa shape index (κ3) is 5.49. The third-order valence-corrected chi connectivity index (χ3v) is 6.51. The van der Waals surface area contributed by atoms with Gasteiger partial charge < -0.3 is 9.73 Å². The zero-order valence-electron chi connectivity index (χ0n) is 14.7. The lowest BCUT2D eigenvalue weighted by Crippen LogP contribution is -2.37. The monoisotopic (exact) mass is 473 g/mol. The Labute approximate surface area is 182 Å². The minimum atomic E-state index is -4.05. The van der Waals surface area contributed by atoms with E-state index in [0.717, 1.165) is 10.5 Å². The first kappa shape index (κ1) is 21.6. The normalized spacial score (nSPS) is 11.6. The average molecular weight is 475 g/mol. The Hall–Kier alpha value is -2.10. The minimum absolute atomic E-state index is 0.101. The Balaban J connectivity index is 1.83. The molecule has 3 aromatic rings. The quantitative estimate of drug-likeness (QED) is 0.510. The highest BCUT2D eigenvalue weighted by Gasteiger charge is 2.28. The highest BCUT2D eigenvalue weighted by atomic mass is 35.5. The number of carbonyl (C=O) groups excluding carboxylic acids is 1. The van der Waals surface area contributed by atoms with Crippen molar-refractivity contribution in [1.82, 2.24) is 9.29 Å². The van der Waals surface area contributed by atoms with Crippen LogP contribution in [0.1, 0.15) is 5.76 Å². The molecule has 3 rings (SSSR count). The van der Waals surface area contributed by atoms with Crippen LogP contribution in [0, 0.1) is 0 Å². The lowest BCUT2D eigenvalue weighted by atomic mass is 10.3. The van der Waals surface area contributed by atoms with Gasteiger partial charge in [0.05, 0.1) is 29.4 Å². The second-order valence-corrected chi connectivity index (χ2v) is 8.99. The number of amides is 1. The second-order valence-electron chi connectivity index (χ2n) is 5.85. The van der Waals surface area contributed by atoms with E-state index in [2.05, 4.69) is 10.3 Å². The van der Waals surface area contributed by atoms with E-state index in [1.807, 2.05) is 0 Å². The molecule has 0 atom stereocenters. The number of pyridine rings is 1. The summed E-state index contributed by atoms with van der Waals surface area (Å²) in [6, 6.07) is 10.5. The standard InChI is InChI=1S/C18H14Cl3N3O4S/c19-15-5-3-12(8-16(15)20)23-18(25)11-24(10-13-2-1-7-28-13)29(26,27)14-4-6-17(21)22-9-14/h1-9H,10-11H2,(H,23,25). The first-order valence-electron chi connectivity index (χ1n) is 8.15. The van der Waals surface area contributed by atoms with E-state index < -0.39 is 22.5 Å². The van der Waals surface area contributed by atoms with Crippen molar-refractivity contribution in [2.45, 2.75) is 11.4 Å². The Kier molecular flexibility index (Phi) is 6.81. The zero-order chi connectivity index (χ0) is 21.0. The number of benzene rings is 1. The molecule has 1 aromatic carbocycles. The van der Waals surface area contributed by atoms with Crippen molar-refractivity contribution < 1.29 is 17.6 Å². The number of hydrogen-bond acceptors (Lipinski definition) is 5. The van der Waals surface area contributed by atoms with Crippen LogP contribution in [0.4, 0.5) is 5.69 Å². The first-order valence-corrected chi connectivity index (χ1v) is 10.7. The van der Waals surface area contributed by atoms with E-state index in [4.69, 9.17) is 39.2 Å². The molecule has 29 heavy (non-hydrogen) atoms. The van der Waals surface area contributed by atoms with Gasteiger partial charge in [-0.05, 0) is 42.5 Å². The molecule has 0 bridgehead atoms. The Bertz CT molecular complexity index is 1100. The van der Waals surface area contributed by atoms with Crippen LogP contribution in [0.5, 0.6) is 0 Å². The molecule has 0 unspecified atom stereocenters. The van der Waals surface area contributed by atoms with Crippen molar-refractivity contribution >= 4 is 56.4 Å². The van der Waals surface area contributed by atoms with Gasteiger partial charge in [0, 0.05) is 11.9 Å². The van der Waals surface area contributed by atoms with E-state index in [9.17, 15) is 13.2 Å². The van der Waals surface area contributed by atoms with Crippen molar-refractivity contribution in [2.75, 3.05) is 11.9 Å². The van der Waals surface area contributed by atoms with E-state index in [1.54, 1.807) is 18.2 Å². The van der Waals surface area contributed by atoms with Gasteiger partial charge >= 0.3 is 0 Å². The van der Waals surface area contributed by atoms with Gasteiger partial charge in [-0.2, -0.15) is 4.31 Å². The molecule has 2 aromatic heterocycles. The van der Waals surface area contributed by atoms with Gasteiger partial charge in [0.15, 0.2) is 0 Å². The van der Waals surface area contributed by atoms with Crippen LogP contribution in [-0.4, -0.2) is 30.2 Å². The van der Waals surface area contributed by atoms with E-state index >= 15 is 0 Å². The number of nitrogens with zero attached hydrogens (tertiary/aromatic N) is 2. The highest BCUT2D eigenvalue weighted by Crippen LogP contribution is 2.25. The molecule has 0 radical (unpaired) electrons. The van der Waals surface area contributed by atoms with E-state index in [0.29, 0.717) is 16.5 Å². The number of furan rings is 1. The summed E-state index contributed by atoms with van der Waals surface area (Å²) in [6.07, 6.45) is 2.55. The fraction of sp³-hybridized carbons (Fsp3) is 0.111. The van der Waals surface area contributed by atoms with Crippen LogP contribution in [0.15, 0.2) is 64.2 Å². The van der Waals surface area contributed by atoms with Gasteiger partial charge in [-0.15, -0.1) is 0 Å². The predicted octanol–water partition coefficient (Wildman–Crippen LogP) is 4.46. The minimum Gasteiger partial charge on any atom is -0.468 e. The number of anilines is 1. The Morgan fingerprint density at radius 1 is 1.10 bits per heavy atom. The van der Waals surface area contributed by atoms with Crippen molar-refractivity contribution in [1.29, 1.82) is 0 Å². The van der Waals surface area contributed by atoms with Gasteiger partial charge in [0.2, 0.25) is 15.9 Å². The van der Waals surface area contributed by atoms with Gasteiger partial charge in [0.25, 0.3) is 0 Å². The molecule has 0 fully saturated rings. The lowest BCUT2D eigenvalue weighted by Gasteiger charge is -2.21. The number of hydrogen-bond donors (Lipinski definition) is 1. The molecule has 152 valence electrons. The maximum atomic E-state index is 13.0. The summed E-state index contributed by atoms with van der Waals surface area (Å²) in [5, 5.41) is 3.35. The predicted molar refractivity (Wildman–Crippen MR) is 111 cm³/mol. The molecule has 0 saturated carbocycles. The smallest absolute Gasteiger partial charge is 0.245 e. The summed E-state index contributed by atoms with van der Waals surface area (Å²) in [6.45, 7) is -0.612. The van der Waals surface area contributed by atoms with Crippen molar-refractivity contribution in [3.63, 3.8) is 0 Å². The van der Waals surface area contributed by atoms with Crippen molar-refractivity contribution in [2.24, 2.45) is 0 Å². The second kappa shape index (κ2) is 9.15. The Morgan fingerprint density at radius 2 is 1.90 bits per heavy atom. The van der Waals surface area contributed by atoms with Crippen LogP contribution in [0.2, 0.25) is 15.2 Å². The first-order chi connectivity index (χ1) is 13.8. The molecular weight excluding hydrogens is 461 g/mol. The summed E-state index contributed by atoms with van der Waals surface area (Å²) < 4.78 is 32.3. The molecule has 1 N–H and O–H groups in total. The summed E-state index contributed by atoms with van der Waals surface area (Å²) in [4.78, 5) is 16.2. The fourth-order valence-electron chi connectivity index (χ4n) is 2.40. The highest BCUT2D eigenvalue weighted by molar-refractivity contribution is 7.89. The number of rotatable bonds is 7. The number of sulfonamides is 1. The summed E-state index contributed by atoms with van der Waals surface area (Å²) in [5.41, 5.74) is 0.382. The molecule has 0 spiro atoms. The van der Waals surface area contributed by atoms with Crippen LogP contribution >= 0.6 is 34.8 Å². The number of halogens is 3. The molecule has 0 aliphatic rings. The largest absolute Gasteiger partial charge is 0.468 e. The van der Waals surface area contributed by atoms with Crippen LogP contribution in [0.3, 0.4) is 0 Å². The van der Waals surface area contributed by atoms with Crippen LogP contribution < -0.4 is 5.32 Å². The Morgan fingerprint density at radius 3 is 2.52 bits per heavy atom. The SMILES string of the molecule is O=C(CN(Cc1ccco1)S(=O)(=O)c1ccc(Cl)nc1)Nc1ccc(Cl)c(Cl)c1. The van der Waals surface area contributed by atoms with Crippen molar-refractivity contribution in [3.8, 4) is 0 Å². The average Bonchev–Trinajstić information content (AvgIpc) is 3.18. The molecule has 1 amide bonds. The lowest BCUT2D eigenvalue weighted by molar-refractivity contribution is -0.116.